The summed E-state index contributed by atoms with van der Waals surface area (Å²) in [5, 5.41) is 6.16. The molecular weight excluding hydrogens is 230 g/mol. The Morgan fingerprint density at radius 3 is 3.11 bits per heavy atom. The summed E-state index contributed by atoms with van der Waals surface area (Å²) in [6.45, 7) is 4.08. The first-order chi connectivity index (χ1) is 8.81. The van der Waals surface area contributed by atoms with Crippen molar-refractivity contribution in [1.82, 2.24) is 10.3 Å². The maximum Gasteiger partial charge on any atom is 0.232 e. The minimum atomic E-state index is -0.140. The average molecular weight is 249 g/mol. The summed E-state index contributed by atoms with van der Waals surface area (Å²) in [6.07, 6.45) is 2.71. The molecule has 2 rings (SSSR count). The van der Waals surface area contributed by atoms with Gasteiger partial charge in [-0.25, -0.2) is 4.98 Å². The maximum atomic E-state index is 12.1. The van der Waals surface area contributed by atoms with Gasteiger partial charge in [0.05, 0.1) is 19.1 Å². The number of nitrogens with one attached hydrogen (secondary N) is 2. The van der Waals surface area contributed by atoms with Crippen LogP contribution < -0.4 is 10.6 Å². The molecule has 1 fully saturated rings. The highest BCUT2D eigenvalue weighted by Crippen LogP contribution is 2.16. The number of hydrogen-bond acceptors (Lipinski definition) is 4. The number of aromatic nitrogens is 1. The molecule has 18 heavy (non-hydrogen) atoms. The quantitative estimate of drug-likeness (QED) is 0.818. The Morgan fingerprint density at radius 2 is 2.39 bits per heavy atom. The van der Waals surface area contributed by atoms with Crippen molar-refractivity contribution >= 4 is 11.7 Å². The standard InChI is InChI=1S/C13H19N3O2/c1-2-6-14-11-9-18-8-10(11)13(17)16-12-5-3-4-7-15-12/h3-5,7,10-11,14H,2,6,8-9H2,1H3,(H,15,16,17). The number of anilines is 1. The minimum absolute atomic E-state index is 0.0280. The lowest BCUT2D eigenvalue weighted by atomic mass is 10.0. The van der Waals surface area contributed by atoms with Crippen LogP contribution in [-0.2, 0) is 9.53 Å². The second-order valence-corrected chi connectivity index (χ2v) is 4.41. The van der Waals surface area contributed by atoms with Gasteiger partial charge < -0.3 is 15.4 Å². The van der Waals surface area contributed by atoms with Crippen molar-refractivity contribution in [3.05, 3.63) is 24.4 Å². The second kappa shape index (κ2) is 6.47. The number of nitrogens with zero attached hydrogens (tertiary/aromatic N) is 1. The zero-order chi connectivity index (χ0) is 12.8. The van der Waals surface area contributed by atoms with Crippen molar-refractivity contribution in [2.75, 3.05) is 25.1 Å². The summed E-state index contributed by atoms with van der Waals surface area (Å²) >= 11 is 0. The van der Waals surface area contributed by atoms with Crippen molar-refractivity contribution in [1.29, 1.82) is 0 Å². The van der Waals surface area contributed by atoms with E-state index in [9.17, 15) is 4.79 Å². The van der Waals surface area contributed by atoms with Crippen LogP contribution in [0.4, 0.5) is 5.82 Å². The highest BCUT2D eigenvalue weighted by Gasteiger charge is 2.33. The molecule has 1 aliphatic heterocycles. The number of pyridine rings is 1. The first-order valence-corrected chi connectivity index (χ1v) is 6.34. The van der Waals surface area contributed by atoms with Crippen LogP contribution in [0.3, 0.4) is 0 Å². The van der Waals surface area contributed by atoms with Crippen molar-refractivity contribution in [2.24, 2.45) is 5.92 Å². The fraction of sp³-hybridized carbons (Fsp3) is 0.538. The summed E-state index contributed by atoms with van der Waals surface area (Å²) in [6, 6.07) is 5.55. The van der Waals surface area contributed by atoms with Crippen LogP contribution in [0.2, 0.25) is 0 Å². The molecule has 2 heterocycles. The smallest absolute Gasteiger partial charge is 0.232 e. The van der Waals surface area contributed by atoms with E-state index in [2.05, 4.69) is 22.5 Å². The molecule has 0 radical (unpaired) electrons. The van der Waals surface area contributed by atoms with E-state index in [1.807, 2.05) is 12.1 Å². The number of hydrogen-bond donors (Lipinski definition) is 2. The van der Waals surface area contributed by atoms with Crippen LogP contribution in [0.25, 0.3) is 0 Å². The maximum absolute atomic E-state index is 12.1. The molecule has 1 aromatic rings. The van der Waals surface area contributed by atoms with Crippen molar-refractivity contribution in [2.45, 2.75) is 19.4 Å². The third kappa shape index (κ3) is 3.27. The van der Waals surface area contributed by atoms with Gasteiger partial charge >= 0.3 is 0 Å². The van der Waals surface area contributed by atoms with E-state index in [1.54, 1.807) is 12.3 Å². The average Bonchev–Trinajstić information content (AvgIpc) is 2.86. The minimum Gasteiger partial charge on any atom is -0.379 e. The molecule has 0 aliphatic carbocycles. The molecular formula is C13H19N3O2. The highest BCUT2D eigenvalue weighted by atomic mass is 16.5. The molecule has 2 atom stereocenters. The predicted molar refractivity (Wildman–Crippen MR) is 69.3 cm³/mol. The Bertz CT molecular complexity index is 383. The Kier molecular flexibility index (Phi) is 4.66. The van der Waals surface area contributed by atoms with Crippen LogP contribution in [0.1, 0.15) is 13.3 Å². The third-order valence-electron chi connectivity index (χ3n) is 2.99. The molecule has 0 bridgehead atoms. The fourth-order valence-electron chi connectivity index (χ4n) is 2.00. The lowest BCUT2D eigenvalue weighted by molar-refractivity contribution is -0.120. The van der Waals surface area contributed by atoms with Gasteiger partial charge in [-0.05, 0) is 25.1 Å². The van der Waals surface area contributed by atoms with Gasteiger partial charge in [0, 0.05) is 12.2 Å². The van der Waals surface area contributed by atoms with Gasteiger partial charge in [-0.2, -0.15) is 0 Å². The van der Waals surface area contributed by atoms with Crippen molar-refractivity contribution < 1.29 is 9.53 Å². The van der Waals surface area contributed by atoms with Gasteiger partial charge in [0.1, 0.15) is 5.82 Å². The summed E-state index contributed by atoms with van der Waals surface area (Å²) in [5.74, 6) is 0.419. The molecule has 1 amide bonds. The van der Waals surface area contributed by atoms with Crippen LogP contribution in [0.15, 0.2) is 24.4 Å². The Morgan fingerprint density at radius 1 is 1.50 bits per heavy atom. The number of carbonyl (C=O) groups excluding carboxylic acids is 1. The summed E-state index contributed by atoms with van der Waals surface area (Å²) in [7, 11) is 0. The zero-order valence-corrected chi connectivity index (χ0v) is 10.6. The summed E-state index contributed by atoms with van der Waals surface area (Å²) in [5.41, 5.74) is 0. The van der Waals surface area contributed by atoms with E-state index < -0.39 is 0 Å². The lowest BCUT2D eigenvalue weighted by Crippen LogP contribution is -2.41. The number of rotatable bonds is 5. The number of amides is 1. The van der Waals surface area contributed by atoms with Gasteiger partial charge in [0.15, 0.2) is 0 Å². The predicted octanol–water partition coefficient (Wildman–Crippen LogP) is 1.03. The number of carbonyl (C=O) groups is 1. The van der Waals surface area contributed by atoms with Crippen LogP contribution in [-0.4, -0.2) is 36.7 Å². The van der Waals surface area contributed by atoms with E-state index in [1.165, 1.54) is 0 Å². The molecule has 1 aromatic heterocycles. The van der Waals surface area contributed by atoms with Gasteiger partial charge in [0.2, 0.25) is 5.91 Å². The van der Waals surface area contributed by atoms with E-state index >= 15 is 0 Å². The van der Waals surface area contributed by atoms with Crippen molar-refractivity contribution in [3.63, 3.8) is 0 Å². The Labute approximate surface area is 107 Å². The van der Waals surface area contributed by atoms with Gasteiger partial charge in [0.25, 0.3) is 0 Å². The molecule has 5 heteroatoms. The number of ether oxygens (including phenoxy) is 1. The second-order valence-electron chi connectivity index (χ2n) is 4.41. The van der Waals surface area contributed by atoms with E-state index in [4.69, 9.17) is 4.74 Å². The molecule has 2 unspecified atom stereocenters. The SMILES string of the molecule is CCCNC1COCC1C(=O)Nc1ccccn1. The van der Waals surface area contributed by atoms with Gasteiger partial charge in [-0.1, -0.05) is 13.0 Å². The molecule has 1 saturated heterocycles. The first kappa shape index (κ1) is 13.0. The van der Waals surface area contributed by atoms with E-state index in [0.717, 1.165) is 13.0 Å². The topological polar surface area (TPSA) is 63.2 Å². The first-order valence-electron chi connectivity index (χ1n) is 6.34. The molecule has 0 aromatic carbocycles. The normalized spacial score (nSPS) is 22.9. The molecule has 0 saturated carbocycles. The molecule has 2 N–H and O–H groups in total. The zero-order valence-electron chi connectivity index (χ0n) is 10.6. The highest BCUT2D eigenvalue weighted by molar-refractivity contribution is 5.92. The van der Waals surface area contributed by atoms with Gasteiger partial charge in [-0.15, -0.1) is 0 Å². The molecule has 0 spiro atoms. The molecule has 98 valence electrons. The van der Waals surface area contributed by atoms with E-state index in [-0.39, 0.29) is 17.9 Å². The van der Waals surface area contributed by atoms with Crippen LogP contribution in [0.5, 0.6) is 0 Å². The fourth-order valence-corrected chi connectivity index (χ4v) is 2.00. The Balaban J connectivity index is 1.91. The van der Waals surface area contributed by atoms with Crippen molar-refractivity contribution in [3.8, 4) is 0 Å². The van der Waals surface area contributed by atoms with Crippen LogP contribution >= 0.6 is 0 Å². The monoisotopic (exact) mass is 249 g/mol. The van der Waals surface area contributed by atoms with Crippen LogP contribution in [0, 0.1) is 5.92 Å². The third-order valence-corrected chi connectivity index (χ3v) is 2.99. The summed E-state index contributed by atoms with van der Waals surface area (Å²) < 4.78 is 5.38. The largest absolute Gasteiger partial charge is 0.379 e. The Hall–Kier alpha value is -1.46. The summed E-state index contributed by atoms with van der Waals surface area (Å²) in [4.78, 5) is 16.2. The lowest BCUT2D eigenvalue weighted by Gasteiger charge is -2.18. The molecule has 5 nitrogen and oxygen atoms in total. The van der Waals surface area contributed by atoms with E-state index in [0.29, 0.717) is 19.0 Å². The molecule has 1 aliphatic rings. The van der Waals surface area contributed by atoms with Gasteiger partial charge in [-0.3, -0.25) is 4.79 Å².